The van der Waals surface area contributed by atoms with Crippen LogP contribution in [0, 0.1) is 5.92 Å². The number of amides is 1. The van der Waals surface area contributed by atoms with Gasteiger partial charge in [-0.15, -0.1) is 0 Å². The van der Waals surface area contributed by atoms with Gasteiger partial charge in [0.15, 0.2) is 0 Å². The van der Waals surface area contributed by atoms with E-state index >= 15 is 0 Å². The molecule has 0 N–H and O–H groups in total. The second-order valence-corrected chi connectivity index (χ2v) is 6.28. The Morgan fingerprint density at radius 3 is 2.74 bits per heavy atom. The highest BCUT2D eigenvalue weighted by atomic mass is 16.5. The lowest BCUT2D eigenvalue weighted by atomic mass is 10.0. The fourth-order valence-corrected chi connectivity index (χ4v) is 3.45. The van der Waals surface area contributed by atoms with Gasteiger partial charge in [0.25, 0.3) is 11.5 Å². The maximum atomic E-state index is 12.7. The highest BCUT2D eigenvalue weighted by Crippen LogP contribution is 2.23. The van der Waals surface area contributed by atoms with E-state index in [1.807, 2.05) is 11.8 Å². The van der Waals surface area contributed by atoms with E-state index in [-0.39, 0.29) is 11.5 Å². The van der Waals surface area contributed by atoms with Gasteiger partial charge in [-0.25, -0.2) is 4.68 Å². The van der Waals surface area contributed by atoms with Crippen LogP contribution in [0.1, 0.15) is 24.3 Å². The summed E-state index contributed by atoms with van der Waals surface area (Å²) in [5.74, 6) is 0.337. The molecule has 1 amide bonds. The Bertz CT molecular complexity index is 624. The van der Waals surface area contributed by atoms with E-state index in [2.05, 4.69) is 16.9 Å². The highest BCUT2D eigenvalue weighted by molar-refractivity contribution is 5.92. The minimum Gasteiger partial charge on any atom is -0.379 e. The fourth-order valence-electron chi connectivity index (χ4n) is 3.45. The quantitative estimate of drug-likeness (QED) is 0.787. The van der Waals surface area contributed by atoms with Gasteiger partial charge in [0.1, 0.15) is 5.69 Å². The van der Waals surface area contributed by atoms with Crippen LogP contribution in [0.4, 0.5) is 0 Å². The number of likely N-dealkylation sites (tertiary alicyclic amines) is 1. The van der Waals surface area contributed by atoms with Crippen LogP contribution in [0.5, 0.6) is 0 Å². The third kappa shape index (κ3) is 3.30. The molecule has 2 aliphatic heterocycles. The van der Waals surface area contributed by atoms with Gasteiger partial charge in [-0.3, -0.25) is 14.5 Å². The molecule has 2 aliphatic rings. The largest absolute Gasteiger partial charge is 0.379 e. The summed E-state index contributed by atoms with van der Waals surface area (Å²) in [6.45, 7) is 9.32. The van der Waals surface area contributed by atoms with Crippen LogP contribution in [0.2, 0.25) is 0 Å². The SMILES string of the molecule is CCn1nc(C(=O)N2CC(C)C(N3CCOCC3)C2)ccc1=O. The van der Waals surface area contributed by atoms with Gasteiger partial charge < -0.3 is 9.64 Å². The molecule has 0 radical (unpaired) electrons. The van der Waals surface area contributed by atoms with Gasteiger partial charge in [-0.1, -0.05) is 6.92 Å². The maximum Gasteiger partial charge on any atom is 0.274 e. The smallest absolute Gasteiger partial charge is 0.274 e. The predicted octanol–water partition coefficient (Wildman–Crippen LogP) is 0.0559. The second kappa shape index (κ2) is 6.80. The van der Waals surface area contributed by atoms with Crippen molar-refractivity contribution in [1.82, 2.24) is 19.6 Å². The molecule has 1 aromatic rings. The third-order valence-electron chi connectivity index (χ3n) is 4.76. The summed E-state index contributed by atoms with van der Waals surface area (Å²) >= 11 is 0. The summed E-state index contributed by atoms with van der Waals surface area (Å²) in [7, 11) is 0. The molecule has 7 nitrogen and oxygen atoms in total. The zero-order chi connectivity index (χ0) is 16.4. The number of hydrogen-bond donors (Lipinski definition) is 0. The molecule has 126 valence electrons. The average Bonchev–Trinajstić information content (AvgIpc) is 2.97. The number of aromatic nitrogens is 2. The van der Waals surface area contributed by atoms with Crippen LogP contribution in [0.3, 0.4) is 0 Å². The number of aryl methyl sites for hydroxylation is 1. The molecule has 0 bridgehead atoms. The lowest BCUT2D eigenvalue weighted by molar-refractivity contribution is 0.0119. The topological polar surface area (TPSA) is 67.7 Å². The first-order valence-corrected chi connectivity index (χ1v) is 8.29. The number of ether oxygens (including phenoxy) is 1. The third-order valence-corrected chi connectivity index (χ3v) is 4.76. The molecule has 0 spiro atoms. The Morgan fingerprint density at radius 2 is 2.04 bits per heavy atom. The van der Waals surface area contributed by atoms with Gasteiger partial charge in [0.2, 0.25) is 0 Å². The Hall–Kier alpha value is -1.73. The van der Waals surface area contributed by atoms with Gasteiger partial charge in [-0.2, -0.15) is 5.10 Å². The summed E-state index contributed by atoms with van der Waals surface area (Å²) in [5, 5.41) is 4.18. The van der Waals surface area contributed by atoms with Crippen molar-refractivity contribution in [1.29, 1.82) is 0 Å². The number of nitrogens with zero attached hydrogens (tertiary/aromatic N) is 4. The van der Waals surface area contributed by atoms with Crippen molar-refractivity contribution in [3.05, 3.63) is 28.2 Å². The van der Waals surface area contributed by atoms with Crippen LogP contribution in [0.15, 0.2) is 16.9 Å². The molecule has 2 atom stereocenters. The van der Waals surface area contributed by atoms with Crippen molar-refractivity contribution in [2.45, 2.75) is 26.4 Å². The second-order valence-electron chi connectivity index (χ2n) is 6.28. The van der Waals surface area contributed by atoms with Crippen molar-refractivity contribution in [3.63, 3.8) is 0 Å². The standard InChI is InChI=1S/C16H24N4O3/c1-3-20-15(21)5-4-13(17-20)16(22)19-10-12(2)14(11-19)18-6-8-23-9-7-18/h4-5,12,14H,3,6-11H2,1-2H3. The molecule has 7 heteroatoms. The molecule has 2 saturated heterocycles. The lowest BCUT2D eigenvalue weighted by Crippen LogP contribution is -2.47. The number of rotatable bonds is 3. The van der Waals surface area contributed by atoms with E-state index in [9.17, 15) is 9.59 Å². The van der Waals surface area contributed by atoms with E-state index in [4.69, 9.17) is 4.74 Å². The zero-order valence-electron chi connectivity index (χ0n) is 13.8. The molecule has 2 fully saturated rings. The van der Waals surface area contributed by atoms with E-state index in [0.717, 1.165) is 32.8 Å². The van der Waals surface area contributed by atoms with Crippen LogP contribution >= 0.6 is 0 Å². The van der Waals surface area contributed by atoms with Crippen molar-refractivity contribution in [2.75, 3.05) is 39.4 Å². The van der Waals surface area contributed by atoms with Crippen LogP contribution in [-0.2, 0) is 11.3 Å². The Labute approximate surface area is 135 Å². The van der Waals surface area contributed by atoms with E-state index in [0.29, 0.717) is 30.7 Å². The first-order valence-electron chi connectivity index (χ1n) is 8.29. The number of morpholine rings is 1. The van der Waals surface area contributed by atoms with Gasteiger partial charge in [-0.05, 0) is 18.9 Å². The van der Waals surface area contributed by atoms with Gasteiger partial charge >= 0.3 is 0 Å². The van der Waals surface area contributed by atoms with E-state index < -0.39 is 0 Å². The van der Waals surface area contributed by atoms with Gasteiger partial charge in [0.05, 0.1) is 13.2 Å². The lowest BCUT2D eigenvalue weighted by Gasteiger charge is -2.33. The number of hydrogen-bond acceptors (Lipinski definition) is 5. The number of carbonyl (C=O) groups is 1. The molecular formula is C16H24N4O3. The molecule has 3 heterocycles. The van der Waals surface area contributed by atoms with Crippen molar-refractivity contribution < 1.29 is 9.53 Å². The summed E-state index contributed by atoms with van der Waals surface area (Å²) < 4.78 is 6.74. The van der Waals surface area contributed by atoms with Crippen molar-refractivity contribution >= 4 is 5.91 Å². The summed E-state index contributed by atoms with van der Waals surface area (Å²) in [4.78, 5) is 28.6. The van der Waals surface area contributed by atoms with Crippen molar-refractivity contribution in [2.24, 2.45) is 5.92 Å². The molecular weight excluding hydrogens is 296 g/mol. The van der Waals surface area contributed by atoms with Crippen LogP contribution in [0.25, 0.3) is 0 Å². The normalized spacial score (nSPS) is 25.7. The average molecular weight is 320 g/mol. The molecule has 2 unspecified atom stereocenters. The Kier molecular flexibility index (Phi) is 4.77. The molecule has 1 aromatic heterocycles. The van der Waals surface area contributed by atoms with Crippen LogP contribution in [-0.4, -0.2) is 70.9 Å². The van der Waals surface area contributed by atoms with Crippen molar-refractivity contribution in [3.8, 4) is 0 Å². The summed E-state index contributed by atoms with van der Waals surface area (Å²) in [6, 6.07) is 3.33. The molecule has 23 heavy (non-hydrogen) atoms. The molecule has 0 aliphatic carbocycles. The molecule has 0 saturated carbocycles. The minimum atomic E-state index is -0.176. The highest BCUT2D eigenvalue weighted by Gasteiger charge is 2.37. The number of carbonyl (C=O) groups excluding carboxylic acids is 1. The fraction of sp³-hybridized carbons (Fsp3) is 0.688. The van der Waals surface area contributed by atoms with Crippen LogP contribution < -0.4 is 5.56 Å². The first-order chi connectivity index (χ1) is 11.1. The Balaban J connectivity index is 1.72. The predicted molar refractivity (Wildman–Crippen MR) is 85.4 cm³/mol. The Morgan fingerprint density at radius 1 is 1.30 bits per heavy atom. The zero-order valence-corrected chi connectivity index (χ0v) is 13.8. The summed E-state index contributed by atoms with van der Waals surface area (Å²) in [6.07, 6.45) is 0. The van der Waals surface area contributed by atoms with E-state index in [1.54, 1.807) is 0 Å². The first kappa shape index (κ1) is 16.1. The molecule has 0 aromatic carbocycles. The minimum absolute atomic E-state index is 0.0881. The monoisotopic (exact) mass is 320 g/mol. The molecule has 3 rings (SSSR count). The summed E-state index contributed by atoms with van der Waals surface area (Å²) in [5.41, 5.74) is 0.173. The van der Waals surface area contributed by atoms with Gasteiger partial charge in [0, 0.05) is 44.8 Å². The van der Waals surface area contributed by atoms with E-state index in [1.165, 1.54) is 16.8 Å². The maximum absolute atomic E-state index is 12.7.